The SMILES string of the molecule is CCOC(=O)C1C(=O)C=C(C)c2ccccc21. The van der Waals surface area contributed by atoms with Crippen molar-refractivity contribution in [3.05, 3.63) is 41.5 Å². The van der Waals surface area contributed by atoms with Crippen molar-refractivity contribution >= 4 is 17.3 Å². The molecule has 0 amide bonds. The third-order valence-corrected chi connectivity index (χ3v) is 2.86. The van der Waals surface area contributed by atoms with Crippen molar-refractivity contribution in [2.75, 3.05) is 6.61 Å². The summed E-state index contributed by atoms with van der Waals surface area (Å²) in [5, 5.41) is 0. The lowest BCUT2D eigenvalue weighted by Crippen LogP contribution is -2.26. The van der Waals surface area contributed by atoms with Gasteiger partial charge in [-0.25, -0.2) is 0 Å². The molecule has 0 spiro atoms. The largest absolute Gasteiger partial charge is 0.465 e. The van der Waals surface area contributed by atoms with Gasteiger partial charge in [0.15, 0.2) is 5.78 Å². The summed E-state index contributed by atoms with van der Waals surface area (Å²) in [6, 6.07) is 7.45. The van der Waals surface area contributed by atoms with Crippen LogP contribution in [-0.4, -0.2) is 18.4 Å². The van der Waals surface area contributed by atoms with Crippen molar-refractivity contribution in [1.29, 1.82) is 0 Å². The first-order valence-electron chi connectivity index (χ1n) is 5.63. The number of ether oxygens (including phenoxy) is 1. The third-order valence-electron chi connectivity index (χ3n) is 2.86. The number of fused-ring (bicyclic) bond motifs is 1. The van der Waals surface area contributed by atoms with Crippen LogP contribution in [0.1, 0.15) is 30.9 Å². The van der Waals surface area contributed by atoms with E-state index in [4.69, 9.17) is 4.74 Å². The molecule has 1 unspecified atom stereocenters. The Morgan fingerprint density at radius 2 is 2.06 bits per heavy atom. The standard InChI is InChI=1S/C14H14O3/c1-3-17-14(16)13-11-7-5-4-6-10(11)9(2)8-12(13)15/h4-8,13H,3H2,1-2H3. The predicted molar refractivity (Wildman–Crippen MR) is 64.5 cm³/mol. The molecule has 0 aromatic heterocycles. The maximum absolute atomic E-state index is 11.9. The van der Waals surface area contributed by atoms with E-state index in [2.05, 4.69) is 0 Å². The first-order chi connectivity index (χ1) is 8.15. The predicted octanol–water partition coefficient (Wildman–Crippen LogP) is 2.32. The average molecular weight is 230 g/mol. The van der Waals surface area contributed by atoms with Crippen LogP contribution in [0.4, 0.5) is 0 Å². The molecule has 2 rings (SSSR count). The molecule has 0 radical (unpaired) electrons. The van der Waals surface area contributed by atoms with Crippen LogP contribution in [0.3, 0.4) is 0 Å². The molecule has 0 heterocycles. The highest BCUT2D eigenvalue weighted by atomic mass is 16.5. The molecule has 88 valence electrons. The molecule has 0 bridgehead atoms. The summed E-state index contributed by atoms with van der Waals surface area (Å²) < 4.78 is 4.95. The lowest BCUT2D eigenvalue weighted by Gasteiger charge is -2.21. The number of rotatable bonds is 2. The van der Waals surface area contributed by atoms with Gasteiger partial charge < -0.3 is 4.74 Å². The molecule has 17 heavy (non-hydrogen) atoms. The van der Waals surface area contributed by atoms with Gasteiger partial charge in [0.1, 0.15) is 5.92 Å². The smallest absolute Gasteiger partial charge is 0.321 e. The fourth-order valence-corrected chi connectivity index (χ4v) is 2.10. The molecule has 1 aromatic carbocycles. The van der Waals surface area contributed by atoms with Gasteiger partial charge >= 0.3 is 5.97 Å². The van der Waals surface area contributed by atoms with E-state index in [9.17, 15) is 9.59 Å². The summed E-state index contributed by atoms with van der Waals surface area (Å²) in [6.45, 7) is 3.89. The Labute approximate surface area is 100 Å². The number of carbonyl (C=O) groups is 2. The molecule has 1 atom stereocenters. The summed E-state index contributed by atoms with van der Waals surface area (Å²) in [5.41, 5.74) is 2.59. The van der Waals surface area contributed by atoms with E-state index in [1.54, 1.807) is 6.92 Å². The molecule has 3 heteroatoms. The van der Waals surface area contributed by atoms with Crippen molar-refractivity contribution in [2.24, 2.45) is 0 Å². The number of carbonyl (C=O) groups excluding carboxylic acids is 2. The zero-order chi connectivity index (χ0) is 12.4. The van der Waals surface area contributed by atoms with Crippen LogP contribution in [0.5, 0.6) is 0 Å². The molecule has 0 aliphatic heterocycles. The van der Waals surface area contributed by atoms with Gasteiger partial charge in [0.2, 0.25) is 0 Å². The second kappa shape index (κ2) is 4.53. The third kappa shape index (κ3) is 2.00. The molecule has 0 saturated carbocycles. The van der Waals surface area contributed by atoms with Crippen LogP contribution in [0.2, 0.25) is 0 Å². The lowest BCUT2D eigenvalue weighted by molar-refractivity contribution is -0.147. The summed E-state index contributed by atoms with van der Waals surface area (Å²) in [5.74, 6) is -1.46. The van der Waals surface area contributed by atoms with Gasteiger partial charge in [-0.05, 0) is 36.6 Å². The molecule has 1 aliphatic rings. The minimum absolute atomic E-state index is 0.195. The van der Waals surface area contributed by atoms with Gasteiger partial charge in [0.05, 0.1) is 6.61 Å². The molecule has 0 N–H and O–H groups in total. The highest BCUT2D eigenvalue weighted by Gasteiger charge is 2.33. The number of allylic oxidation sites excluding steroid dienone is 2. The zero-order valence-electron chi connectivity index (χ0n) is 9.90. The highest BCUT2D eigenvalue weighted by Crippen LogP contribution is 2.32. The van der Waals surface area contributed by atoms with Crippen LogP contribution < -0.4 is 0 Å². The first kappa shape index (κ1) is 11.6. The molecule has 1 aliphatic carbocycles. The van der Waals surface area contributed by atoms with Crippen LogP contribution in [0.25, 0.3) is 5.57 Å². The summed E-state index contributed by atoms with van der Waals surface area (Å²) in [6.07, 6.45) is 1.52. The van der Waals surface area contributed by atoms with E-state index in [1.807, 2.05) is 31.2 Å². The maximum Gasteiger partial charge on any atom is 0.321 e. The van der Waals surface area contributed by atoms with Gasteiger partial charge in [-0.1, -0.05) is 24.3 Å². The summed E-state index contributed by atoms with van der Waals surface area (Å²) in [4.78, 5) is 23.7. The van der Waals surface area contributed by atoms with E-state index in [1.165, 1.54) is 6.08 Å². The van der Waals surface area contributed by atoms with Crippen molar-refractivity contribution in [3.63, 3.8) is 0 Å². The van der Waals surface area contributed by atoms with Crippen molar-refractivity contribution in [2.45, 2.75) is 19.8 Å². The molecular formula is C14H14O3. The minimum Gasteiger partial charge on any atom is -0.465 e. The lowest BCUT2D eigenvalue weighted by atomic mass is 9.82. The Morgan fingerprint density at radius 1 is 1.35 bits per heavy atom. The topological polar surface area (TPSA) is 43.4 Å². The Hall–Kier alpha value is -1.90. The molecule has 1 aromatic rings. The van der Waals surface area contributed by atoms with E-state index < -0.39 is 11.9 Å². The van der Waals surface area contributed by atoms with Crippen LogP contribution in [0.15, 0.2) is 30.3 Å². The molecule has 0 saturated heterocycles. The molecule has 0 fully saturated rings. The maximum atomic E-state index is 11.9. The minimum atomic E-state index is -0.796. The van der Waals surface area contributed by atoms with E-state index in [0.29, 0.717) is 0 Å². The van der Waals surface area contributed by atoms with Gasteiger partial charge in [0.25, 0.3) is 0 Å². The average Bonchev–Trinajstić information content (AvgIpc) is 2.29. The molecule has 3 nitrogen and oxygen atoms in total. The number of hydrogen-bond acceptors (Lipinski definition) is 3. The Bertz CT molecular complexity index is 500. The monoisotopic (exact) mass is 230 g/mol. The fraction of sp³-hybridized carbons (Fsp3) is 0.286. The van der Waals surface area contributed by atoms with E-state index >= 15 is 0 Å². The van der Waals surface area contributed by atoms with Gasteiger partial charge in [0, 0.05) is 0 Å². The van der Waals surface area contributed by atoms with Crippen LogP contribution in [-0.2, 0) is 14.3 Å². The van der Waals surface area contributed by atoms with Crippen molar-refractivity contribution in [1.82, 2.24) is 0 Å². The van der Waals surface area contributed by atoms with Crippen molar-refractivity contribution < 1.29 is 14.3 Å². The number of esters is 1. The Morgan fingerprint density at radius 3 is 2.76 bits per heavy atom. The number of hydrogen-bond donors (Lipinski definition) is 0. The van der Waals surface area contributed by atoms with Crippen molar-refractivity contribution in [3.8, 4) is 0 Å². The normalized spacial score (nSPS) is 18.4. The van der Waals surface area contributed by atoms with Gasteiger partial charge in [-0.15, -0.1) is 0 Å². The Kier molecular flexibility index (Phi) is 3.09. The number of benzene rings is 1. The van der Waals surface area contributed by atoms with Gasteiger partial charge in [-0.2, -0.15) is 0 Å². The summed E-state index contributed by atoms with van der Waals surface area (Å²) in [7, 11) is 0. The van der Waals surface area contributed by atoms with Crippen LogP contribution >= 0.6 is 0 Å². The van der Waals surface area contributed by atoms with E-state index in [-0.39, 0.29) is 12.4 Å². The highest BCUT2D eigenvalue weighted by molar-refractivity contribution is 6.15. The van der Waals surface area contributed by atoms with E-state index in [0.717, 1.165) is 16.7 Å². The fourth-order valence-electron chi connectivity index (χ4n) is 2.10. The van der Waals surface area contributed by atoms with Crippen LogP contribution in [0, 0.1) is 0 Å². The second-order valence-corrected chi connectivity index (χ2v) is 4.00. The van der Waals surface area contributed by atoms with Gasteiger partial charge in [-0.3, -0.25) is 9.59 Å². The summed E-state index contributed by atoms with van der Waals surface area (Å²) >= 11 is 0. The quantitative estimate of drug-likeness (QED) is 0.578. The molecular weight excluding hydrogens is 216 g/mol. The first-order valence-corrected chi connectivity index (χ1v) is 5.63. The zero-order valence-corrected chi connectivity index (χ0v) is 9.90. The Balaban J connectivity index is 2.48. The number of ketones is 1. The second-order valence-electron chi connectivity index (χ2n) is 4.00.